The Labute approximate surface area is 98.8 Å². The number of rotatable bonds is 2. The number of benzene rings is 1. The first-order valence-electron chi connectivity index (χ1n) is 5.25. The molecule has 0 aliphatic heterocycles. The van der Waals surface area contributed by atoms with Crippen molar-refractivity contribution in [2.45, 2.75) is 13.5 Å². The second-order valence-corrected chi connectivity index (χ2v) is 3.59. The molecular weight excluding hydrogens is 218 g/mol. The predicted octanol–water partition coefficient (Wildman–Crippen LogP) is 1.79. The molecule has 0 atom stereocenters. The van der Waals surface area contributed by atoms with Crippen molar-refractivity contribution < 1.29 is 9.53 Å². The molecule has 0 saturated carbocycles. The smallest absolute Gasteiger partial charge is 0.407 e. The summed E-state index contributed by atoms with van der Waals surface area (Å²) in [5, 5.41) is 2.59. The molecular formula is C12H13N3O2. The van der Waals surface area contributed by atoms with Crippen molar-refractivity contribution in [3.63, 3.8) is 0 Å². The molecule has 1 amide bonds. The molecule has 0 fully saturated rings. The number of ether oxygens (including phenoxy) is 1. The van der Waals surface area contributed by atoms with Gasteiger partial charge in [-0.15, -0.1) is 0 Å². The number of hydrogen-bond donors (Lipinski definition) is 1. The summed E-state index contributed by atoms with van der Waals surface area (Å²) in [5.74, 6) is 0. The number of hydrogen-bond acceptors (Lipinski definition) is 4. The first-order chi connectivity index (χ1) is 8.20. The van der Waals surface area contributed by atoms with E-state index in [0.717, 1.165) is 22.4 Å². The zero-order valence-electron chi connectivity index (χ0n) is 9.73. The predicted molar refractivity (Wildman–Crippen MR) is 63.5 cm³/mol. The van der Waals surface area contributed by atoms with Crippen LogP contribution in [0.25, 0.3) is 11.0 Å². The molecule has 1 aromatic heterocycles. The summed E-state index contributed by atoms with van der Waals surface area (Å²) < 4.78 is 4.50. The van der Waals surface area contributed by atoms with Crippen molar-refractivity contribution in [2.24, 2.45) is 0 Å². The lowest BCUT2D eigenvalue weighted by molar-refractivity contribution is 0.170. The topological polar surface area (TPSA) is 64.1 Å². The van der Waals surface area contributed by atoms with Gasteiger partial charge in [-0.3, -0.25) is 0 Å². The standard InChI is InChI=1S/C12H13N3O2/c1-8-11(7-13-12(16)17-2)15-10-6-4-3-5-9(10)14-8/h3-6H,7H2,1-2H3,(H,13,16). The largest absolute Gasteiger partial charge is 0.453 e. The summed E-state index contributed by atoms with van der Waals surface area (Å²) in [4.78, 5) is 19.9. The molecule has 5 heteroatoms. The Hall–Kier alpha value is -2.17. The van der Waals surface area contributed by atoms with Crippen molar-refractivity contribution in [3.05, 3.63) is 35.7 Å². The molecule has 2 aromatic rings. The zero-order valence-corrected chi connectivity index (χ0v) is 9.73. The third kappa shape index (κ3) is 2.50. The van der Waals surface area contributed by atoms with Gasteiger partial charge in [-0.05, 0) is 19.1 Å². The summed E-state index contributed by atoms with van der Waals surface area (Å²) in [6.45, 7) is 2.18. The Morgan fingerprint density at radius 1 is 1.29 bits per heavy atom. The van der Waals surface area contributed by atoms with Crippen molar-refractivity contribution in [1.82, 2.24) is 15.3 Å². The number of aryl methyl sites for hydroxylation is 1. The number of alkyl carbamates (subject to hydrolysis) is 1. The number of nitrogens with one attached hydrogen (secondary N) is 1. The van der Waals surface area contributed by atoms with E-state index in [4.69, 9.17) is 0 Å². The van der Waals surface area contributed by atoms with E-state index in [1.807, 2.05) is 31.2 Å². The number of methoxy groups -OCH3 is 1. The molecule has 0 radical (unpaired) electrons. The average molecular weight is 231 g/mol. The van der Waals surface area contributed by atoms with Crippen molar-refractivity contribution in [2.75, 3.05) is 7.11 Å². The van der Waals surface area contributed by atoms with Crippen molar-refractivity contribution in [1.29, 1.82) is 0 Å². The Bertz CT molecular complexity index is 554. The molecule has 0 aliphatic rings. The number of carbonyl (C=O) groups is 1. The summed E-state index contributed by atoms with van der Waals surface area (Å²) in [6, 6.07) is 7.63. The van der Waals surface area contributed by atoms with E-state index in [0.29, 0.717) is 6.54 Å². The number of carbonyl (C=O) groups excluding carboxylic acids is 1. The van der Waals surface area contributed by atoms with Gasteiger partial charge < -0.3 is 10.1 Å². The minimum atomic E-state index is -0.473. The molecule has 1 N–H and O–H groups in total. The monoisotopic (exact) mass is 231 g/mol. The molecule has 0 bridgehead atoms. The van der Waals surface area contributed by atoms with Crippen LogP contribution < -0.4 is 5.32 Å². The fourth-order valence-corrected chi connectivity index (χ4v) is 1.52. The van der Waals surface area contributed by atoms with E-state index in [1.54, 1.807) is 0 Å². The molecule has 1 aromatic carbocycles. The Balaban J connectivity index is 2.28. The lowest BCUT2D eigenvalue weighted by atomic mass is 10.2. The molecule has 0 spiro atoms. The Kier molecular flexibility index (Phi) is 3.18. The van der Waals surface area contributed by atoms with E-state index < -0.39 is 6.09 Å². The van der Waals surface area contributed by atoms with E-state index in [-0.39, 0.29) is 0 Å². The summed E-state index contributed by atoms with van der Waals surface area (Å²) >= 11 is 0. The van der Waals surface area contributed by atoms with Crippen LogP contribution in [0.1, 0.15) is 11.4 Å². The minimum Gasteiger partial charge on any atom is -0.453 e. The van der Waals surface area contributed by atoms with Gasteiger partial charge in [0.15, 0.2) is 0 Å². The van der Waals surface area contributed by atoms with Crippen LogP contribution in [0.3, 0.4) is 0 Å². The number of amides is 1. The summed E-state index contributed by atoms with van der Waals surface area (Å²) in [6.07, 6.45) is -0.473. The number of fused-ring (bicyclic) bond motifs is 1. The lowest BCUT2D eigenvalue weighted by Crippen LogP contribution is -2.23. The third-order valence-corrected chi connectivity index (χ3v) is 2.43. The van der Waals surface area contributed by atoms with E-state index in [2.05, 4.69) is 20.0 Å². The SMILES string of the molecule is COC(=O)NCc1nc2ccccc2nc1C. The first-order valence-corrected chi connectivity index (χ1v) is 5.25. The van der Waals surface area contributed by atoms with Crippen LogP contribution in [0.4, 0.5) is 4.79 Å². The van der Waals surface area contributed by atoms with Gasteiger partial charge in [0.05, 0.1) is 36.1 Å². The highest BCUT2D eigenvalue weighted by Crippen LogP contribution is 2.11. The van der Waals surface area contributed by atoms with Gasteiger partial charge in [0, 0.05) is 0 Å². The molecule has 1 heterocycles. The maximum atomic E-state index is 11.0. The Morgan fingerprint density at radius 2 is 1.94 bits per heavy atom. The van der Waals surface area contributed by atoms with Crippen molar-refractivity contribution in [3.8, 4) is 0 Å². The summed E-state index contributed by atoms with van der Waals surface area (Å²) in [5.41, 5.74) is 3.22. The van der Waals surface area contributed by atoms with Crippen LogP contribution in [0, 0.1) is 6.92 Å². The maximum absolute atomic E-state index is 11.0. The zero-order chi connectivity index (χ0) is 12.3. The van der Waals surface area contributed by atoms with Crippen LogP contribution in [0.5, 0.6) is 0 Å². The molecule has 5 nitrogen and oxygen atoms in total. The van der Waals surface area contributed by atoms with Crippen molar-refractivity contribution >= 4 is 17.1 Å². The fourth-order valence-electron chi connectivity index (χ4n) is 1.52. The molecule has 17 heavy (non-hydrogen) atoms. The maximum Gasteiger partial charge on any atom is 0.407 e. The number of aromatic nitrogens is 2. The second-order valence-electron chi connectivity index (χ2n) is 3.59. The van der Waals surface area contributed by atoms with Crippen LogP contribution in [-0.2, 0) is 11.3 Å². The number of para-hydroxylation sites is 2. The molecule has 0 saturated heterocycles. The van der Waals surface area contributed by atoms with Crippen LogP contribution in [0.15, 0.2) is 24.3 Å². The van der Waals surface area contributed by atoms with E-state index in [9.17, 15) is 4.79 Å². The normalized spacial score (nSPS) is 10.2. The Morgan fingerprint density at radius 3 is 2.59 bits per heavy atom. The lowest BCUT2D eigenvalue weighted by Gasteiger charge is -2.07. The van der Waals surface area contributed by atoms with Gasteiger partial charge in [-0.25, -0.2) is 14.8 Å². The third-order valence-electron chi connectivity index (χ3n) is 2.43. The van der Waals surface area contributed by atoms with Crippen LogP contribution in [-0.4, -0.2) is 23.2 Å². The molecule has 2 rings (SSSR count). The average Bonchev–Trinajstić information content (AvgIpc) is 2.35. The van der Waals surface area contributed by atoms with Gasteiger partial charge in [-0.1, -0.05) is 12.1 Å². The summed E-state index contributed by atoms with van der Waals surface area (Å²) in [7, 11) is 1.33. The molecule has 0 aliphatic carbocycles. The van der Waals surface area contributed by atoms with Crippen LogP contribution in [0.2, 0.25) is 0 Å². The van der Waals surface area contributed by atoms with E-state index in [1.165, 1.54) is 7.11 Å². The number of nitrogens with zero attached hydrogens (tertiary/aromatic N) is 2. The molecule has 88 valence electrons. The van der Waals surface area contributed by atoms with Crippen LogP contribution >= 0.6 is 0 Å². The fraction of sp³-hybridized carbons (Fsp3) is 0.250. The first kappa shape index (κ1) is 11.3. The second kappa shape index (κ2) is 4.78. The highest BCUT2D eigenvalue weighted by Gasteiger charge is 2.06. The quantitative estimate of drug-likeness (QED) is 0.855. The van der Waals surface area contributed by atoms with E-state index >= 15 is 0 Å². The van der Waals surface area contributed by atoms with Gasteiger partial charge in [0.25, 0.3) is 0 Å². The van der Waals surface area contributed by atoms with Gasteiger partial charge >= 0.3 is 6.09 Å². The highest BCUT2D eigenvalue weighted by atomic mass is 16.5. The van der Waals surface area contributed by atoms with Gasteiger partial charge in [0.2, 0.25) is 0 Å². The minimum absolute atomic E-state index is 0.316. The highest BCUT2D eigenvalue weighted by molar-refractivity contribution is 5.74. The van der Waals surface area contributed by atoms with Gasteiger partial charge in [-0.2, -0.15) is 0 Å². The van der Waals surface area contributed by atoms with Gasteiger partial charge in [0.1, 0.15) is 0 Å². The molecule has 0 unspecified atom stereocenters.